The lowest BCUT2D eigenvalue weighted by Crippen LogP contribution is -2.27. The molecule has 4 nitrogen and oxygen atoms in total. The molecule has 0 saturated heterocycles. The van der Waals surface area contributed by atoms with Crippen molar-refractivity contribution in [1.29, 1.82) is 0 Å². The third-order valence-corrected chi connectivity index (χ3v) is 3.17. The second-order valence-corrected chi connectivity index (χ2v) is 4.89. The Hall–Kier alpha value is -1.16. The van der Waals surface area contributed by atoms with E-state index in [1.807, 2.05) is 6.20 Å². The maximum atomic E-state index is 9.45. The summed E-state index contributed by atoms with van der Waals surface area (Å²) < 4.78 is 0. The van der Waals surface area contributed by atoms with Crippen molar-refractivity contribution < 1.29 is 5.11 Å². The molecule has 4 heteroatoms. The summed E-state index contributed by atoms with van der Waals surface area (Å²) in [4.78, 5) is 11.2. The lowest BCUT2D eigenvalue weighted by molar-refractivity contribution is 0.276. The number of rotatable bonds is 5. The fourth-order valence-corrected chi connectivity index (χ4v) is 2.07. The maximum Gasteiger partial charge on any atom is 0.131 e. The first-order valence-corrected chi connectivity index (χ1v) is 6.40. The molecule has 17 heavy (non-hydrogen) atoms. The smallest absolute Gasteiger partial charge is 0.131 e. The van der Waals surface area contributed by atoms with Gasteiger partial charge in [0.1, 0.15) is 5.82 Å². The van der Waals surface area contributed by atoms with Crippen LogP contribution in [0.15, 0.2) is 6.20 Å². The molecule has 1 fully saturated rings. The molecule has 0 atom stereocenters. The molecule has 1 aromatic rings. The molecule has 94 valence electrons. The van der Waals surface area contributed by atoms with Crippen LogP contribution in [-0.2, 0) is 6.61 Å². The predicted molar refractivity (Wildman–Crippen MR) is 68.1 cm³/mol. The highest BCUT2D eigenvalue weighted by Crippen LogP contribution is 2.32. The predicted octanol–water partition coefficient (Wildman–Crippen LogP) is 2.08. The van der Waals surface area contributed by atoms with Crippen LogP contribution in [0.4, 0.5) is 5.69 Å². The van der Waals surface area contributed by atoms with Crippen molar-refractivity contribution >= 4 is 5.69 Å². The molecule has 1 aromatic heterocycles. The molecule has 2 rings (SSSR count). The molecule has 1 N–H and O–H groups in total. The van der Waals surface area contributed by atoms with Crippen molar-refractivity contribution in [2.45, 2.75) is 52.2 Å². The monoisotopic (exact) mass is 235 g/mol. The second-order valence-electron chi connectivity index (χ2n) is 4.89. The van der Waals surface area contributed by atoms with Crippen LogP contribution >= 0.6 is 0 Å². The molecule has 0 amide bonds. The van der Waals surface area contributed by atoms with E-state index in [0.29, 0.717) is 12.0 Å². The van der Waals surface area contributed by atoms with Gasteiger partial charge in [-0.2, -0.15) is 0 Å². The lowest BCUT2D eigenvalue weighted by atomic mass is 10.2. The van der Waals surface area contributed by atoms with E-state index in [-0.39, 0.29) is 6.61 Å². The highest BCUT2D eigenvalue weighted by atomic mass is 16.3. The van der Waals surface area contributed by atoms with Gasteiger partial charge in [-0.25, -0.2) is 9.97 Å². The fourth-order valence-electron chi connectivity index (χ4n) is 2.07. The molecular weight excluding hydrogens is 214 g/mol. The molecule has 1 heterocycles. The summed E-state index contributed by atoms with van der Waals surface area (Å²) in [6.45, 7) is 7.20. The summed E-state index contributed by atoms with van der Waals surface area (Å²) in [6, 6.07) is 0.624. The maximum absolute atomic E-state index is 9.45. The highest BCUT2D eigenvalue weighted by molar-refractivity contribution is 5.51. The van der Waals surface area contributed by atoms with Gasteiger partial charge in [0, 0.05) is 18.5 Å². The Balaban J connectivity index is 2.32. The Kier molecular flexibility index (Phi) is 3.62. The molecule has 0 radical (unpaired) electrons. The van der Waals surface area contributed by atoms with Crippen molar-refractivity contribution in [3.05, 3.63) is 17.7 Å². The number of hydrogen-bond acceptors (Lipinski definition) is 4. The van der Waals surface area contributed by atoms with Crippen molar-refractivity contribution in [1.82, 2.24) is 9.97 Å². The van der Waals surface area contributed by atoms with E-state index in [1.165, 1.54) is 12.8 Å². The van der Waals surface area contributed by atoms with Gasteiger partial charge in [-0.1, -0.05) is 13.8 Å². The summed E-state index contributed by atoms with van der Waals surface area (Å²) >= 11 is 0. The van der Waals surface area contributed by atoms with E-state index in [4.69, 9.17) is 0 Å². The van der Waals surface area contributed by atoms with E-state index >= 15 is 0 Å². The van der Waals surface area contributed by atoms with Gasteiger partial charge in [0.2, 0.25) is 0 Å². The Morgan fingerprint density at radius 2 is 2.18 bits per heavy atom. The Bertz CT molecular complexity index is 388. The molecule has 1 aliphatic rings. The number of hydrogen-bond donors (Lipinski definition) is 1. The molecule has 0 bridgehead atoms. The average molecular weight is 235 g/mol. The zero-order valence-corrected chi connectivity index (χ0v) is 10.8. The molecule has 0 unspecified atom stereocenters. The molecular formula is C13H21N3O. The van der Waals surface area contributed by atoms with Crippen LogP contribution in [0.2, 0.25) is 0 Å². The first-order valence-electron chi connectivity index (χ1n) is 6.40. The van der Waals surface area contributed by atoms with E-state index in [2.05, 4.69) is 35.6 Å². The summed E-state index contributed by atoms with van der Waals surface area (Å²) in [5.74, 6) is 1.11. The number of aromatic nitrogens is 2. The standard InChI is InChI=1S/C13H21N3O/c1-4-16(10-5-6-10)12-7-14-13(9(2)3)15-11(12)8-17/h7,9-10,17H,4-6,8H2,1-3H3. The highest BCUT2D eigenvalue weighted by Gasteiger charge is 2.30. The number of nitrogens with zero attached hydrogens (tertiary/aromatic N) is 3. The first-order chi connectivity index (χ1) is 8.17. The van der Waals surface area contributed by atoms with Crippen LogP contribution in [0.1, 0.15) is 51.0 Å². The van der Waals surface area contributed by atoms with Gasteiger partial charge >= 0.3 is 0 Å². The number of anilines is 1. The zero-order chi connectivity index (χ0) is 12.4. The Labute approximate surface area is 103 Å². The largest absolute Gasteiger partial charge is 0.390 e. The van der Waals surface area contributed by atoms with Crippen LogP contribution in [0.5, 0.6) is 0 Å². The Morgan fingerprint density at radius 1 is 1.47 bits per heavy atom. The fraction of sp³-hybridized carbons (Fsp3) is 0.692. The summed E-state index contributed by atoms with van der Waals surface area (Å²) in [5.41, 5.74) is 1.76. The van der Waals surface area contributed by atoms with E-state index in [9.17, 15) is 5.11 Å². The molecule has 0 aliphatic heterocycles. The van der Waals surface area contributed by atoms with Gasteiger partial charge in [-0.05, 0) is 19.8 Å². The zero-order valence-electron chi connectivity index (χ0n) is 10.8. The number of aliphatic hydroxyl groups is 1. The summed E-state index contributed by atoms with van der Waals surface area (Å²) in [7, 11) is 0. The quantitative estimate of drug-likeness (QED) is 0.849. The summed E-state index contributed by atoms with van der Waals surface area (Å²) in [5, 5.41) is 9.45. The minimum Gasteiger partial charge on any atom is -0.390 e. The average Bonchev–Trinajstić information content (AvgIpc) is 3.14. The van der Waals surface area contributed by atoms with Crippen molar-refractivity contribution in [2.75, 3.05) is 11.4 Å². The molecule has 1 aliphatic carbocycles. The minimum atomic E-state index is -0.0131. The van der Waals surface area contributed by atoms with Crippen LogP contribution in [0.25, 0.3) is 0 Å². The van der Waals surface area contributed by atoms with Gasteiger partial charge in [0.25, 0.3) is 0 Å². The van der Waals surface area contributed by atoms with Gasteiger partial charge in [-0.15, -0.1) is 0 Å². The van der Waals surface area contributed by atoms with E-state index < -0.39 is 0 Å². The number of aliphatic hydroxyl groups excluding tert-OH is 1. The molecule has 1 saturated carbocycles. The lowest BCUT2D eigenvalue weighted by Gasteiger charge is -2.24. The van der Waals surface area contributed by atoms with Gasteiger partial charge in [-0.3, -0.25) is 0 Å². The second kappa shape index (κ2) is 5.00. The SMILES string of the molecule is CCN(c1cnc(C(C)C)nc1CO)C1CC1. The van der Waals surface area contributed by atoms with Gasteiger partial charge in [0.15, 0.2) is 0 Å². The van der Waals surface area contributed by atoms with Crippen LogP contribution in [-0.4, -0.2) is 27.7 Å². The van der Waals surface area contributed by atoms with Crippen LogP contribution < -0.4 is 4.90 Å². The van der Waals surface area contributed by atoms with E-state index in [1.54, 1.807) is 0 Å². The third kappa shape index (κ3) is 2.57. The molecule has 0 aromatic carbocycles. The normalized spacial score (nSPS) is 15.4. The Morgan fingerprint density at radius 3 is 2.65 bits per heavy atom. The third-order valence-electron chi connectivity index (χ3n) is 3.17. The van der Waals surface area contributed by atoms with Crippen molar-refractivity contribution in [3.8, 4) is 0 Å². The topological polar surface area (TPSA) is 49.2 Å². The van der Waals surface area contributed by atoms with Gasteiger partial charge < -0.3 is 10.0 Å². The van der Waals surface area contributed by atoms with Crippen molar-refractivity contribution in [3.63, 3.8) is 0 Å². The van der Waals surface area contributed by atoms with Crippen molar-refractivity contribution in [2.24, 2.45) is 0 Å². The van der Waals surface area contributed by atoms with Gasteiger partial charge in [0.05, 0.1) is 24.2 Å². The van der Waals surface area contributed by atoms with E-state index in [0.717, 1.165) is 23.8 Å². The summed E-state index contributed by atoms with van der Waals surface area (Å²) in [6.07, 6.45) is 4.35. The first kappa shape index (κ1) is 12.3. The van der Waals surface area contributed by atoms with Crippen LogP contribution in [0, 0.1) is 0 Å². The molecule has 0 spiro atoms. The minimum absolute atomic E-state index is 0.0131. The van der Waals surface area contributed by atoms with Crippen LogP contribution in [0.3, 0.4) is 0 Å².